The summed E-state index contributed by atoms with van der Waals surface area (Å²) in [4.78, 5) is 0. The van der Waals surface area contributed by atoms with Crippen LogP contribution in [-0.2, 0) is 34.3 Å². The molecular formula is C16H17F6IN4O6S2. The molecule has 0 N–H and O–H groups in total. The minimum Gasteiger partial charge on any atom is -0.741 e. The van der Waals surface area contributed by atoms with Crippen molar-refractivity contribution in [1.82, 2.24) is 5.56 Å². The summed E-state index contributed by atoms with van der Waals surface area (Å²) in [6.07, 6.45) is 12.8. The number of hydrogen-bond donors (Lipinski definition) is 0. The van der Waals surface area contributed by atoms with E-state index in [2.05, 4.69) is 96.6 Å². The Labute approximate surface area is 203 Å². The van der Waals surface area contributed by atoms with Gasteiger partial charge in [-0.15, -0.1) is 0 Å². The van der Waals surface area contributed by atoms with Crippen molar-refractivity contribution < 1.29 is 61.4 Å². The van der Waals surface area contributed by atoms with Gasteiger partial charge < -0.3 is 9.11 Å². The molecule has 10 nitrogen and oxygen atoms in total. The predicted molar refractivity (Wildman–Crippen MR) is 113 cm³/mol. The van der Waals surface area contributed by atoms with Crippen molar-refractivity contribution in [2.45, 2.75) is 11.0 Å². The van der Waals surface area contributed by atoms with Gasteiger partial charge in [0.05, 0.1) is 0 Å². The standard InChI is InChI=1S/C14H17IN4.2CHF3O3S/c1-16-8-10-18(12-16)15(14-6-4-3-5-7-14)19-11-9-17(2)13-19;2*2-1(3,4)8(5,6)7/h3-13H,1-2H3;2*(H,5,6,7)/q+2;;/p-2. The van der Waals surface area contributed by atoms with E-state index in [0.717, 1.165) is 0 Å². The third kappa shape index (κ3) is 9.74. The van der Waals surface area contributed by atoms with Crippen molar-refractivity contribution in [3.05, 3.63) is 71.3 Å². The average Bonchev–Trinajstić information content (AvgIpc) is 3.29. The van der Waals surface area contributed by atoms with Gasteiger partial charge in [-0.2, -0.15) is 26.3 Å². The molecule has 0 saturated heterocycles. The van der Waals surface area contributed by atoms with Crippen LogP contribution in [-0.4, -0.2) is 42.5 Å². The number of alkyl halides is 6. The van der Waals surface area contributed by atoms with Gasteiger partial charge in [0, 0.05) is 0 Å². The minimum atomic E-state index is -6.09. The number of rotatable bonds is 3. The van der Waals surface area contributed by atoms with Gasteiger partial charge in [-0.05, 0) is 0 Å². The molecule has 0 aliphatic rings. The van der Waals surface area contributed by atoms with Gasteiger partial charge in [0.2, 0.25) is 0 Å². The fraction of sp³-hybridized carbons (Fsp3) is 0.250. The van der Waals surface area contributed by atoms with E-state index in [1.165, 1.54) is 3.57 Å². The van der Waals surface area contributed by atoms with E-state index in [4.69, 9.17) is 25.9 Å². The van der Waals surface area contributed by atoms with Crippen LogP contribution in [0.2, 0.25) is 0 Å². The van der Waals surface area contributed by atoms with Crippen LogP contribution in [0.15, 0.2) is 67.8 Å². The molecule has 0 radical (unpaired) electrons. The molecule has 2 heterocycles. The van der Waals surface area contributed by atoms with E-state index < -0.39 is 51.6 Å². The van der Waals surface area contributed by atoms with E-state index >= 15 is 0 Å². The normalized spacial score (nSPS) is 12.7. The van der Waals surface area contributed by atoms with Gasteiger partial charge in [-0.25, -0.2) is 16.8 Å². The zero-order chi connectivity index (χ0) is 27.2. The topological polar surface area (TPSA) is 132 Å². The summed E-state index contributed by atoms with van der Waals surface area (Å²) in [6.45, 7) is 0. The Morgan fingerprint density at radius 3 is 1.29 bits per heavy atom. The molecule has 3 aromatic rings. The summed E-state index contributed by atoms with van der Waals surface area (Å²) < 4.78 is 128. The Balaban J connectivity index is 0.000000320. The summed E-state index contributed by atoms with van der Waals surface area (Å²) >= 11 is -1.68. The predicted octanol–water partition coefficient (Wildman–Crippen LogP) is 1.64. The second-order valence-electron chi connectivity index (χ2n) is 6.19. The number of benzene rings is 1. The van der Waals surface area contributed by atoms with Gasteiger partial charge in [0.1, 0.15) is 0 Å². The SMILES string of the molecule is C[n+]1ccn(I(c2ccccc2)n2cc[n+](C)c2)c1.O=S(=O)([O-])C(F)(F)F.O=S(=O)([O-])C(F)(F)F. The minimum absolute atomic E-state index is 1.42. The molecule has 1 aromatic carbocycles. The molecule has 0 saturated carbocycles. The summed E-state index contributed by atoms with van der Waals surface area (Å²) in [5.41, 5.74) is -11.3. The maximum Gasteiger partial charge on any atom is 0.485 e. The van der Waals surface area contributed by atoms with Crippen molar-refractivity contribution in [1.29, 1.82) is 0 Å². The van der Waals surface area contributed by atoms with Gasteiger partial charge in [0.25, 0.3) is 0 Å². The van der Waals surface area contributed by atoms with Crippen molar-refractivity contribution in [2.24, 2.45) is 14.1 Å². The van der Waals surface area contributed by atoms with Crippen LogP contribution >= 0.6 is 20.4 Å². The smallest absolute Gasteiger partial charge is 0.485 e. The maximum atomic E-state index is 10.7. The second kappa shape index (κ2) is 11.7. The molecule has 0 aliphatic heterocycles. The molecule has 2 aromatic heterocycles. The Morgan fingerprint density at radius 2 is 1.06 bits per heavy atom. The van der Waals surface area contributed by atoms with Crippen LogP contribution in [0.1, 0.15) is 0 Å². The molecule has 0 amide bonds. The maximum absolute atomic E-state index is 10.7. The van der Waals surface area contributed by atoms with Crippen LogP contribution in [0.3, 0.4) is 0 Å². The number of hydrogen-bond acceptors (Lipinski definition) is 6. The van der Waals surface area contributed by atoms with Crippen LogP contribution in [0.4, 0.5) is 26.3 Å². The van der Waals surface area contributed by atoms with E-state index in [9.17, 15) is 26.3 Å². The Hall–Kier alpha value is -2.23. The van der Waals surface area contributed by atoms with Gasteiger partial charge in [0.15, 0.2) is 20.2 Å². The molecule has 19 heteroatoms. The molecule has 0 spiro atoms. The number of nitrogens with zero attached hydrogens (tertiary/aromatic N) is 4. The van der Waals surface area contributed by atoms with Crippen LogP contribution in [0.25, 0.3) is 0 Å². The molecular weight excluding hydrogens is 649 g/mol. The molecule has 0 unspecified atom stereocenters. The van der Waals surface area contributed by atoms with E-state index in [0.29, 0.717) is 0 Å². The van der Waals surface area contributed by atoms with Gasteiger partial charge >= 0.3 is 132 Å². The first-order valence-electron chi connectivity index (χ1n) is 8.61. The molecule has 35 heavy (non-hydrogen) atoms. The fourth-order valence-electron chi connectivity index (χ4n) is 1.88. The number of aromatic nitrogens is 4. The Kier molecular flexibility index (Phi) is 10.3. The molecule has 0 bridgehead atoms. The molecule has 3 rings (SSSR count). The molecule has 0 atom stereocenters. The van der Waals surface area contributed by atoms with Gasteiger partial charge in [-0.3, -0.25) is 0 Å². The zero-order valence-electron chi connectivity index (χ0n) is 17.6. The van der Waals surface area contributed by atoms with Crippen molar-refractivity contribution >= 4 is 40.6 Å². The quantitative estimate of drug-likeness (QED) is 0.137. The third-order valence-electron chi connectivity index (χ3n) is 3.34. The first-order chi connectivity index (χ1) is 15.7. The molecule has 198 valence electrons. The monoisotopic (exact) mass is 666 g/mol. The van der Waals surface area contributed by atoms with Crippen molar-refractivity contribution in [2.75, 3.05) is 0 Å². The first-order valence-corrected chi connectivity index (χ1v) is 14.4. The second-order valence-corrected chi connectivity index (χ2v) is 13.8. The van der Waals surface area contributed by atoms with Gasteiger partial charge in [-0.1, -0.05) is 0 Å². The average molecular weight is 666 g/mol. The van der Waals surface area contributed by atoms with Crippen molar-refractivity contribution in [3.8, 4) is 0 Å². The van der Waals surface area contributed by atoms with Crippen LogP contribution < -0.4 is 9.13 Å². The number of halogens is 7. The summed E-state index contributed by atoms with van der Waals surface area (Å²) in [6, 6.07) is 10.8. The summed E-state index contributed by atoms with van der Waals surface area (Å²) in [7, 11) is -8.06. The van der Waals surface area contributed by atoms with Crippen LogP contribution in [0, 0.1) is 3.57 Å². The van der Waals surface area contributed by atoms with E-state index in [-0.39, 0.29) is 0 Å². The summed E-state index contributed by atoms with van der Waals surface area (Å²) in [5.74, 6) is 0. The number of aryl methyl sites for hydroxylation is 2. The fourth-order valence-corrected chi connectivity index (χ4v) is 6.96. The van der Waals surface area contributed by atoms with Crippen LogP contribution in [0.5, 0.6) is 0 Å². The molecule has 0 fully saturated rings. The number of imidazole rings is 2. The van der Waals surface area contributed by atoms with E-state index in [1.54, 1.807) is 0 Å². The van der Waals surface area contributed by atoms with Crippen molar-refractivity contribution in [3.63, 3.8) is 0 Å². The Bertz CT molecular complexity index is 1230. The Morgan fingerprint density at radius 1 is 0.743 bits per heavy atom. The summed E-state index contributed by atoms with van der Waals surface area (Å²) in [5, 5.41) is 0. The largest absolute Gasteiger partial charge is 0.741 e. The third-order valence-corrected chi connectivity index (χ3v) is 9.56. The zero-order valence-corrected chi connectivity index (χ0v) is 21.3. The first kappa shape index (κ1) is 30.8. The van der Waals surface area contributed by atoms with E-state index in [1.807, 2.05) is 0 Å². The molecule has 0 aliphatic carbocycles.